The predicted molar refractivity (Wildman–Crippen MR) is 79.7 cm³/mol. The molecule has 25 heavy (non-hydrogen) atoms. The molecule has 11 heteroatoms. The molecule has 0 aliphatic carbocycles. The number of halogens is 7. The summed E-state index contributed by atoms with van der Waals surface area (Å²) < 4.78 is 108. The van der Waals surface area contributed by atoms with Gasteiger partial charge in [0.05, 0.1) is 0 Å². The van der Waals surface area contributed by atoms with Gasteiger partial charge in [0.2, 0.25) is 0 Å². The molecule has 0 aromatic carbocycles. The molecule has 152 valence electrons. The molecule has 0 aliphatic rings. The maximum absolute atomic E-state index is 14.5. The second kappa shape index (κ2) is 10.1. The van der Waals surface area contributed by atoms with Crippen LogP contribution in [0.5, 0.6) is 0 Å². The van der Waals surface area contributed by atoms with Crippen molar-refractivity contribution in [1.29, 1.82) is 0 Å². The normalized spacial score (nSPS) is 14.2. The van der Waals surface area contributed by atoms with Gasteiger partial charge in [0, 0.05) is 32.7 Å². The molecule has 0 N–H and O–H groups in total. The molecule has 0 unspecified atom stereocenters. The van der Waals surface area contributed by atoms with Crippen LogP contribution >= 0.6 is 0 Å². The molecule has 0 bridgehead atoms. The molecule has 0 fully saturated rings. The lowest BCUT2D eigenvalue weighted by atomic mass is 10.1. The summed E-state index contributed by atoms with van der Waals surface area (Å²) in [4.78, 5) is 0. The third kappa shape index (κ3) is 7.03. The molecule has 0 saturated carbocycles. The maximum Gasteiger partial charge on any atom is 0.581 e. The molecular formula is C14H25F7O3Si. The Morgan fingerprint density at radius 1 is 0.640 bits per heavy atom. The Morgan fingerprint density at radius 3 is 1.40 bits per heavy atom. The molecule has 0 spiro atoms. The molecule has 3 nitrogen and oxygen atoms in total. The SMILES string of the molecule is CCO[Si](OCC)(OCC)C(F)(F)C(F)(F)CCCCCC(F)(F)F. The first kappa shape index (κ1) is 24.6. The van der Waals surface area contributed by atoms with Crippen molar-refractivity contribution < 1.29 is 44.0 Å². The van der Waals surface area contributed by atoms with E-state index >= 15 is 0 Å². The van der Waals surface area contributed by atoms with Crippen LogP contribution in [0.1, 0.15) is 52.9 Å². The van der Waals surface area contributed by atoms with Gasteiger partial charge in [0.15, 0.2) is 0 Å². The predicted octanol–water partition coefficient (Wildman–Crippen LogP) is 5.36. The maximum atomic E-state index is 14.5. The number of alkyl halides is 7. The molecule has 0 heterocycles. The van der Waals surface area contributed by atoms with Crippen LogP contribution in [0.3, 0.4) is 0 Å². The van der Waals surface area contributed by atoms with Gasteiger partial charge in [0.25, 0.3) is 0 Å². The minimum atomic E-state index is -5.02. The highest BCUT2D eigenvalue weighted by Gasteiger charge is 2.76. The minimum absolute atomic E-state index is 0.238. The third-order valence-corrected chi connectivity index (χ3v) is 6.44. The van der Waals surface area contributed by atoms with E-state index in [-0.39, 0.29) is 26.2 Å². The molecule has 0 atom stereocenters. The smallest absolute Gasteiger partial charge is 0.370 e. The highest BCUT2D eigenvalue weighted by atomic mass is 28.4. The van der Waals surface area contributed by atoms with Crippen LogP contribution in [0, 0.1) is 0 Å². The third-order valence-electron chi connectivity index (χ3n) is 3.30. The Balaban J connectivity index is 5.05. The summed E-state index contributed by atoms with van der Waals surface area (Å²) in [6.45, 7) is 3.15. The lowest BCUT2D eigenvalue weighted by Crippen LogP contribution is -2.68. The van der Waals surface area contributed by atoms with Crippen LogP contribution in [0.4, 0.5) is 30.7 Å². The fourth-order valence-electron chi connectivity index (χ4n) is 2.20. The van der Waals surface area contributed by atoms with Crippen LogP contribution in [0.15, 0.2) is 0 Å². The second-order valence-corrected chi connectivity index (χ2v) is 7.92. The molecule has 0 aliphatic heterocycles. The fourth-order valence-corrected chi connectivity index (χ4v) is 4.70. The number of hydrogen-bond donors (Lipinski definition) is 0. The molecule has 0 aromatic rings. The van der Waals surface area contributed by atoms with E-state index in [2.05, 4.69) is 0 Å². The van der Waals surface area contributed by atoms with E-state index in [1.165, 1.54) is 20.8 Å². The van der Waals surface area contributed by atoms with E-state index in [0.29, 0.717) is 0 Å². The average molecular weight is 402 g/mol. The van der Waals surface area contributed by atoms with Crippen molar-refractivity contribution in [2.75, 3.05) is 19.8 Å². The van der Waals surface area contributed by atoms with Crippen LogP contribution in [-0.4, -0.2) is 46.3 Å². The van der Waals surface area contributed by atoms with E-state index in [1.807, 2.05) is 0 Å². The van der Waals surface area contributed by atoms with Gasteiger partial charge >= 0.3 is 26.4 Å². The summed E-state index contributed by atoms with van der Waals surface area (Å²) in [6.07, 6.45) is -7.92. The zero-order valence-corrected chi connectivity index (χ0v) is 15.5. The highest BCUT2D eigenvalue weighted by Crippen LogP contribution is 2.45. The summed E-state index contributed by atoms with van der Waals surface area (Å²) in [6, 6.07) is 0. The number of unbranched alkanes of at least 4 members (excludes halogenated alkanes) is 2. The van der Waals surface area contributed by atoms with Crippen LogP contribution in [-0.2, 0) is 13.3 Å². The van der Waals surface area contributed by atoms with Crippen molar-refractivity contribution in [3.63, 3.8) is 0 Å². The first-order valence-corrected chi connectivity index (χ1v) is 9.85. The Bertz CT molecular complexity index is 361. The Morgan fingerprint density at radius 2 is 1.04 bits per heavy atom. The van der Waals surface area contributed by atoms with Crippen molar-refractivity contribution in [3.8, 4) is 0 Å². The van der Waals surface area contributed by atoms with Gasteiger partial charge in [-0.25, -0.2) is 0 Å². The van der Waals surface area contributed by atoms with Crippen molar-refractivity contribution in [2.45, 2.75) is 70.5 Å². The molecule has 0 radical (unpaired) electrons. The summed E-state index contributed by atoms with van der Waals surface area (Å²) in [5.41, 5.74) is -4.69. The number of rotatable bonds is 13. The summed E-state index contributed by atoms with van der Waals surface area (Å²) >= 11 is 0. The Hall–Kier alpha value is -0.393. The van der Waals surface area contributed by atoms with E-state index in [9.17, 15) is 30.7 Å². The van der Waals surface area contributed by atoms with Gasteiger partial charge in [-0.1, -0.05) is 6.42 Å². The van der Waals surface area contributed by atoms with E-state index < -0.39 is 52.1 Å². The Kier molecular flexibility index (Phi) is 9.92. The molecule has 0 amide bonds. The fraction of sp³-hybridized carbons (Fsp3) is 1.00. The Labute approximate surface area is 144 Å². The zero-order chi connectivity index (χ0) is 19.8. The first-order chi connectivity index (χ1) is 11.4. The monoisotopic (exact) mass is 402 g/mol. The van der Waals surface area contributed by atoms with Gasteiger partial charge in [-0.15, -0.1) is 0 Å². The standard InChI is InChI=1S/C14H25F7O3Si/c1-4-22-25(23-5-2,24-6-3)14(20,21)12(15,16)10-8-7-9-11-13(17,18)19/h4-11H2,1-3H3. The van der Waals surface area contributed by atoms with E-state index in [1.54, 1.807) is 0 Å². The number of hydrogen-bond acceptors (Lipinski definition) is 3. The molecule has 0 aromatic heterocycles. The van der Waals surface area contributed by atoms with Gasteiger partial charge in [-0.2, -0.15) is 30.7 Å². The van der Waals surface area contributed by atoms with E-state index in [0.717, 1.165) is 0 Å². The second-order valence-electron chi connectivity index (χ2n) is 5.31. The van der Waals surface area contributed by atoms with Crippen LogP contribution in [0.2, 0.25) is 0 Å². The van der Waals surface area contributed by atoms with Crippen molar-refractivity contribution in [3.05, 3.63) is 0 Å². The van der Waals surface area contributed by atoms with E-state index in [4.69, 9.17) is 13.3 Å². The summed E-state index contributed by atoms with van der Waals surface area (Å²) in [7, 11) is -5.02. The van der Waals surface area contributed by atoms with Crippen molar-refractivity contribution in [1.82, 2.24) is 0 Å². The topological polar surface area (TPSA) is 27.7 Å². The van der Waals surface area contributed by atoms with Gasteiger partial charge in [-0.3, -0.25) is 0 Å². The molecule has 0 rings (SSSR count). The zero-order valence-electron chi connectivity index (χ0n) is 14.5. The van der Waals surface area contributed by atoms with Gasteiger partial charge in [0.1, 0.15) is 0 Å². The quantitative estimate of drug-likeness (QED) is 0.236. The largest absolute Gasteiger partial charge is 0.581 e. The summed E-state index contributed by atoms with van der Waals surface area (Å²) in [5, 5.41) is 0. The summed E-state index contributed by atoms with van der Waals surface area (Å²) in [5.74, 6) is -4.52. The minimum Gasteiger partial charge on any atom is -0.370 e. The highest BCUT2D eigenvalue weighted by molar-refractivity contribution is 6.63. The molecular weight excluding hydrogens is 377 g/mol. The average Bonchev–Trinajstić information content (AvgIpc) is 2.45. The lowest BCUT2D eigenvalue weighted by molar-refractivity contribution is -0.203. The van der Waals surface area contributed by atoms with Crippen LogP contribution < -0.4 is 0 Å². The molecule has 0 saturated heterocycles. The van der Waals surface area contributed by atoms with Gasteiger partial charge < -0.3 is 13.3 Å². The lowest BCUT2D eigenvalue weighted by Gasteiger charge is -2.38. The first-order valence-electron chi connectivity index (χ1n) is 8.13. The van der Waals surface area contributed by atoms with Crippen molar-refractivity contribution >= 4 is 8.80 Å². The van der Waals surface area contributed by atoms with Crippen molar-refractivity contribution in [2.24, 2.45) is 0 Å². The van der Waals surface area contributed by atoms with Crippen LogP contribution in [0.25, 0.3) is 0 Å². The van der Waals surface area contributed by atoms with Gasteiger partial charge in [-0.05, 0) is 33.6 Å².